The molecule has 1 N–H and O–H groups in total. The molecule has 0 bridgehead atoms. The highest BCUT2D eigenvalue weighted by Gasteiger charge is 2.30. The van der Waals surface area contributed by atoms with E-state index in [1.54, 1.807) is 0 Å². The van der Waals surface area contributed by atoms with Crippen LogP contribution in [-0.2, 0) is 4.74 Å². The van der Waals surface area contributed by atoms with Crippen LogP contribution in [0.25, 0.3) is 0 Å². The van der Waals surface area contributed by atoms with Gasteiger partial charge in [0, 0.05) is 23.9 Å². The van der Waals surface area contributed by atoms with Crippen molar-refractivity contribution in [3.63, 3.8) is 0 Å². The first kappa shape index (κ1) is 9.81. The molecule has 0 spiro atoms. The summed E-state index contributed by atoms with van der Waals surface area (Å²) in [6.45, 7) is 5.40. The van der Waals surface area contributed by atoms with E-state index < -0.39 is 0 Å². The fraction of sp³-hybridized carbons (Fsp3) is 1.00. The molecule has 2 unspecified atom stereocenters. The van der Waals surface area contributed by atoms with Crippen LogP contribution < -0.4 is 5.32 Å². The Morgan fingerprint density at radius 3 is 3.15 bits per heavy atom. The lowest BCUT2D eigenvalue weighted by Gasteiger charge is -2.24. The number of hydrogen-bond donors (Lipinski definition) is 1. The second-order valence-electron chi connectivity index (χ2n) is 4.34. The number of nitrogens with one attached hydrogen (secondary N) is 1. The first-order valence-corrected chi connectivity index (χ1v) is 6.22. The molecule has 2 nitrogen and oxygen atoms in total. The van der Waals surface area contributed by atoms with Crippen molar-refractivity contribution in [1.82, 2.24) is 5.32 Å². The quantitative estimate of drug-likeness (QED) is 0.750. The molecule has 2 heterocycles. The van der Waals surface area contributed by atoms with Crippen LogP contribution in [0.1, 0.15) is 26.2 Å². The zero-order valence-electron chi connectivity index (χ0n) is 8.34. The highest BCUT2D eigenvalue weighted by molar-refractivity contribution is 8.00. The summed E-state index contributed by atoms with van der Waals surface area (Å²) < 4.78 is 5.84. The number of rotatable bonds is 3. The monoisotopic (exact) mass is 201 g/mol. The molecule has 2 saturated heterocycles. The lowest BCUT2D eigenvalue weighted by atomic mass is 10.1. The topological polar surface area (TPSA) is 21.3 Å². The third kappa shape index (κ3) is 2.61. The van der Waals surface area contributed by atoms with Crippen LogP contribution in [0.3, 0.4) is 0 Å². The second kappa shape index (κ2) is 4.20. The highest BCUT2D eigenvalue weighted by atomic mass is 32.2. The molecule has 76 valence electrons. The van der Waals surface area contributed by atoms with Gasteiger partial charge in [-0.1, -0.05) is 0 Å². The Balaban J connectivity index is 1.71. The van der Waals surface area contributed by atoms with E-state index in [-0.39, 0.29) is 0 Å². The van der Waals surface area contributed by atoms with E-state index in [4.69, 9.17) is 4.74 Å². The average molecular weight is 201 g/mol. The SMILES string of the molecule is CC1(CNC2CCOC2)CCCS1. The Labute approximate surface area is 84.8 Å². The van der Waals surface area contributed by atoms with Crippen LogP contribution in [0.15, 0.2) is 0 Å². The van der Waals surface area contributed by atoms with Crippen LogP contribution in [-0.4, -0.2) is 36.3 Å². The van der Waals surface area contributed by atoms with Gasteiger partial charge in [0.25, 0.3) is 0 Å². The maximum absolute atomic E-state index is 5.34. The van der Waals surface area contributed by atoms with Crippen molar-refractivity contribution in [3.05, 3.63) is 0 Å². The first-order chi connectivity index (χ1) is 6.29. The van der Waals surface area contributed by atoms with Crippen molar-refractivity contribution in [2.45, 2.75) is 37.0 Å². The van der Waals surface area contributed by atoms with Crippen LogP contribution in [0.5, 0.6) is 0 Å². The molecule has 2 rings (SSSR count). The first-order valence-electron chi connectivity index (χ1n) is 5.24. The molecule has 0 aliphatic carbocycles. The van der Waals surface area contributed by atoms with E-state index in [0.717, 1.165) is 19.8 Å². The van der Waals surface area contributed by atoms with Crippen molar-refractivity contribution in [2.75, 3.05) is 25.5 Å². The molecule has 2 aliphatic heterocycles. The maximum atomic E-state index is 5.34. The minimum atomic E-state index is 0.503. The zero-order chi connectivity index (χ0) is 9.15. The Hall–Kier alpha value is 0.270. The molecular weight excluding hydrogens is 182 g/mol. The zero-order valence-corrected chi connectivity index (χ0v) is 9.16. The van der Waals surface area contributed by atoms with E-state index in [1.807, 2.05) is 0 Å². The highest BCUT2D eigenvalue weighted by Crippen LogP contribution is 2.37. The molecule has 2 fully saturated rings. The molecule has 0 aromatic rings. The van der Waals surface area contributed by atoms with Gasteiger partial charge in [-0.25, -0.2) is 0 Å². The average Bonchev–Trinajstić information content (AvgIpc) is 2.72. The normalized spacial score (nSPS) is 39.9. The minimum Gasteiger partial charge on any atom is -0.380 e. The minimum absolute atomic E-state index is 0.503. The molecule has 2 atom stereocenters. The van der Waals surface area contributed by atoms with Gasteiger partial charge in [0.15, 0.2) is 0 Å². The third-order valence-electron chi connectivity index (χ3n) is 2.99. The Bertz CT molecular complexity index is 162. The Morgan fingerprint density at radius 1 is 1.62 bits per heavy atom. The summed E-state index contributed by atoms with van der Waals surface area (Å²) >= 11 is 2.12. The largest absolute Gasteiger partial charge is 0.380 e. The summed E-state index contributed by atoms with van der Waals surface area (Å²) in [7, 11) is 0. The molecule has 2 aliphatic rings. The lowest BCUT2D eigenvalue weighted by molar-refractivity contribution is 0.189. The molecule has 0 aromatic heterocycles. The predicted molar refractivity (Wildman–Crippen MR) is 57.3 cm³/mol. The number of hydrogen-bond acceptors (Lipinski definition) is 3. The Morgan fingerprint density at radius 2 is 2.54 bits per heavy atom. The van der Waals surface area contributed by atoms with Crippen molar-refractivity contribution in [1.29, 1.82) is 0 Å². The molecule has 0 radical (unpaired) electrons. The van der Waals surface area contributed by atoms with Gasteiger partial charge in [-0.05, 0) is 31.9 Å². The van der Waals surface area contributed by atoms with Crippen LogP contribution in [0.2, 0.25) is 0 Å². The summed E-state index contributed by atoms with van der Waals surface area (Å²) in [4.78, 5) is 0. The van der Waals surface area contributed by atoms with Crippen LogP contribution in [0.4, 0.5) is 0 Å². The van der Waals surface area contributed by atoms with E-state index in [0.29, 0.717) is 10.8 Å². The molecule has 0 saturated carbocycles. The van der Waals surface area contributed by atoms with Crippen LogP contribution in [0, 0.1) is 0 Å². The van der Waals surface area contributed by atoms with E-state index in [1.165, 1.54) is 25.0 Å². The molecular formula is C10H19NOS. The molecule has 3 heteroatoms. The van der Waals surface area contributed by atoms with Gasteiger partial charge >= 0.3 is 0 Å². The van der Waals surface area contributed by atoms with Gasteiger partial charge < -0.3 is 10.1 Å². The van der Waals surface area contributed by atoms with E-state index in [2.05, 4.69) is 24.0 Å². The maximum Gasteiger partial charge on any atom is 0.0620 e. The molecule has 13 heavy (non-hydrogen) atoms. The van der Waals surface area contributed by atoms with Crippen molar-refractivity contribution < 1.29 is 4.74 Å². The summed E-state index contributed by atoms with van der Waals surface area (Å²) in [6.07, 6.45) is 3.96. The van der Waals surface area contributed by atoms with Gasteiger partial charge in [-0.15, -0.1) is 0 Å². The lowest BCUT2D eigenvalue weighted by Crippen LogP contribution is -2.39. The van der Waals surface area contributed by atoms with Gasteiger partial charge in [0.2, 0.25) is 0 Å². The van der Waals surface area contributed by atoms with Gasteiger partial charge in [-0.3, -0.25) is 0 Å². The number of ether oxygens (including phenoxy) is 1. The summed E-state index contributed by atoms with van der Waals surface area (Å²) in [5.41, 5.74) is 0. The number of thioether (sulfide) groups is 1. The van der Waals surface area contributed by atoms with Crippen molar-refractivity contribution in [3.8, 4) is 0 Å². The third-order valence-corrected chi connectivity index (χ3v) is 4.53. The summed E-state index contributed by atoms with van der Waals surface area (Å²) in [6, 6.07) is 0.623. The molecule has 0 aromatic carbocycles. The standard InChI is InChI=1S/C10H19NOS/c1-10(4-2-6-13-10)8-11-9-3-5-12-7-9/h9,11H,2-8H2,1H3. The van der Waals surface area contributed by atoms with Crippen LogP contribution >= 0.6 is 11.8 Å². The fourth-order valence-electron chi connectivity index (χ4n) is 2.03. The van der Waals surface area contributed by atoms with E-state index in [9.17, 15) is 0 Å². The van der Waals surface area contributed by atoms with E-state index >= 15 is 0 Å². The van der Waals surface area contributed by atoms with Crippen molar-refractivity contribution >= 4 is 11.8 Å². The molecule has 0 amide bonds. The summed E-state index contributed by atoms with van der Waals surface area (Å²) in [5.74, 6) is 1.35. The van der Waals surface area contributed by atoms with Crippen molar-refractivity contribution in [2.24, 2.45) is 0 Å². The predicted octanol–water partition coefficient (Wildman–Crippen LogP) is 1.65. The second-order valence-corrected chi connectivity index (χ2v) is 6.03. The fourth-order valence-corrected chi connectivity index (χ4v) is 3.29. The smallest absolute Gasteiger partial charge is 0.0620 e. The Kier molecular flexibility index (Phi) is 3.17. The van der Waals surface area contributed by atoms with Gasteiger partial charge in [0.1, 0.15) is 0 Å². The summed E-state index contributed by atoms with van der Waals surface area (Å²) in [5, 5.41) is 3.62. The van der Waals surface area contributed by atoms with Gasteiger partial charge in [-0.2, -0.15) is 11.8 Å². The van der Waals surface area contributed by atoms with Gasteiger partial charge in [0.05, 0.1) is 6.61 Å².